The van der Waals surface area contributed by atoms with Crippen molar-refractivity contribution < 1.29 is 19.0 Å². The Morgan fingerprint density at radius 1 is 1.04 bits per heavy atom. The lowest BCUT2D eigenvalue weighted by atomic mass is 10.3. The number of ether oxygens (including phenoxy) is 3. The number of nitrogens with one attached hydrogen (secondary N) is 1. The molecule has 0 aliphatic carbocycles. The van der Waals surface area contributed by atoms with Crippen molar-refractivity contribution in [3.05, 3.63) is 48.4 Å². The minimum absolute atomic E-state index is 0.226. The number of fused-ring (bicyclic) bond motifs is 3. The van der Waals surface area contributed by atoms with Crippen LogP contribution in [-0.2, 0) is 0 Å². The molecular weight excluding hydrogens is 362 g/mol. The smallest absolute Gasteiger partial charge is 0.274 e. The molecule has 3 heterocycles. The highest BCUT2D eigenvalue weighted by atomic mass is 16.5. The lowest BCUT2D eigenvalue weighted by molar-refractivity contribution is 0.102. The van der Waals surface area contributed by atoms with Gasteiger partial charge in [-0.15, -0.1) is 0 Å². The fourth-order valence-corrected chi connectivity index (χ4v) is 2.83. The molecular formula is C19H17N5O4. The van der Waals surface area contributed by atoms with E-state index < -0.39 is 0 Å². The second-order valence-corrected chi connectivity index (χ2v) is 5.84. The Kier molecular flexibility index (Phi) is 4.40. The lowest BCUT2D eigenvalue weighted by Crippen LogP contribution is -2.14. The number of benzene rings is 1. The molecule has 0 bridgehead atoms. The van der Waals surface area contributed by atoms with E-state index in [0.717, 1.165) is 11.0 Å². The number of carbonyl (C=O) groups excluding carboxylic acids is 1. The number of aromatic nitrogens is 4. The Morgan fingerprint density at radius 3 is 2.64 bits per heavy atom. The van der Waals surface area contributed by atoms with Crippen molar-refractivity contribution in [1.29, 1.82) is 0 Å². The highest BCUT2D eigenvalue weighted by Gasteiger charge is 2.14. The molecule has 1 aromatic carbocycles. The Morgan fingerprint density at radius 2 is 1.89 bits per heavy atom. The average molecular weight is 379 g/mol. The number of methoxy groups -OCH3 is 3. The Balaban J connectivity index is 1.65. The quantitative estimate of drug-likeness (QED) is 0.569. The first kappa shape index (κ1) is 17.5. The summed E-state index contributed by atoms with van der Waals surface area (Å²) in [5.74, 6) is 1.48. The van der Waals surface area contributed by atoms with Crippen LogP contribution < -0.4 is 19.5 Å². The molecule has 0 saturated carbocycles. The van der Waals surface area contributed by atoms with Gasteiger partial charge in [0.25, 0.3) is 11.8 Å². The molecule has 1 amide bonds. The lowest BCUT2D eigenvalue weighted by Gasteiger charge is -2.09. The maximum atomic E-state index is 12.6. The van der Waals surface area contributed by atoms with E-state index in [4.69, 9.17) is 14.2 Å². The van der Waals surface area contributed by atoms with Gasteiger partial charge in [0.15, 0.2) is 5.75 Å². The van der Waals surface area contributed by atoms with Gasteiger partial charge in [0.05, 0.1) is 44.2 Å². The normalized spacial score (nSPS) is 10.8. The molecule has 0 unspecified atom stereocenters. The maximum Gasteiger partial charge on any atom is 0.274 e. The molecule has 1 N–H and O–H groups in total. The highest BCUT2D eigenvalue weighted by molar-refractivity contribution is 6.03. The summed E-state index contributed by atoms with van der Waals surface area (Å²) in [4.78, 5) is 25.5. The van der Waals surface area contributed by atoms with Crippen LogP contribution in [0.2, 0.25) is 0 Å². The first-order chi connectivity index (χ1) is 13.6. The van der Waals surface area contributed by atoms with E-state index in [9.17, 15) is 4.79 Å². The van der Waals surface area contributed by atoms with Crippen LogP contribution in [0.3, 0.4) is 0 Å². The van der Waals surface area contributed by atoms with Gasteiger partial charge in [-0.05, 0) is 18.2 Å². The molecule has 142 valence electrons. The van der Waals surface area contributed by atoms with Crippen LogP contribution in [-0.4, -0.2) is 46.6 Å². The van der Waals surface area contributed by atoms with Crippen molar-refractivity contribution in [3.8, 4) is 17.4 Å². The van der Waals surface area contributed by atoms with Crippen molar-refractivity contribution in [2.45, 2.75) is 0 Å². The van der Waals surface area contributed by atoms with Gasteiger partial charge in [-0.25, -0.2) is 15.0 Å². The zero-order valence-corrected chi connectivity index (χ0v) is 15.5. The fourth-order valence-electron chi connectivity index (χ4n) is 2.83. The average Bonchev–Trinajstić information content (AvgIpc) is 3.10. The van der Waals surface area contributed by atoms with Crippen molar-refractivity contribution >= 4 is 28.4 Å². The third kappa shape index (κ3) is 3.02. The van der Waals surface area contributed by atoms with E-state index in [1.54, 1.807) is 25.4 Å². The molecule has 28 heavy (non-hydrogen) atoms. The molecule has 0 fully saturated rings. The monoisotopic (exact) mass is 379 g/mol. The van der Waals surface area contributed by atoms with Gasteiger partial charge >= 0.3 is 0 Å². The fraction of sp³-hybridized carbons (Fsp3) is 0.158. The van der Waals surface area contributed by atoms with Crippen LogP contribution >= 0.6 is 0 Å². The van der Waals surface area contributed by atoms with Gasteiger partial charge in [0.2, 0.25) is 5.78 Å². The number of pyridine rings is 1. The summed E-state index contributed by atoms with van der Waals surface area (Å²) < 4.78 is 17.3. The zero-order valence-electron chi connectivity index (χ0n) is 15.5. The van der Waals surface area contributed by atoms with Crippen LogP contribution in [0.15, 0.2) is 42.7 Å². The molecule has 9 heteroatoms. The van der Waals surface area contributed by atoms with E-state index >= 15 is 0 Å². The largest absolute Gasteiger partial charge is 0.497 e. The molecule has 4 aromatic rings. The van der Waals surface area contributed by atoms with Crippen LogP contribution in [0.5, 0.6) is 17.4 Å². The molecule has 0 saturated heterocycles. The van der Waals surface area contributed by atoms with Crippen LogP contribution in [0.1, 0.15) is 10.5 Å². The molecule has 3 aromatic heterocycles. The second-order valence-electron chi connectivity index (χ2n) is 5.84. The van der Waals surface area contributed by atoms with Gasteiger partial charge in [0, 0.05) is 18.3 Å². The Hall–Kier alpha value is -3.88. The second kappa shape index (κ2) is 7.03. The number of hydrogen-bond donors (Lipinski definition) is 1. The topological polar surface area (TPSA) is 99.9 Å². The van der Waals surface area contributed by atoms with E-state index in [2.05, 4.69) is 20.3 Å². The van der Waals surface area contributed by atoms with Gasteiger partial charge in [-0.2, -0.15) is 0 Å². The number of rotatable bonds is 5. The highest BCUT2D eigenvalue weighted by Crippen LogP contribution is 2.27. The molecule has 0 aliphatic rings. The molecule has 9 nitrogen and oxygen atoms in total. The molecule has 0 radical (unpaired) electrons. The van der Waals surface area contributed by atoms with Gasteiger partial charge in [0.1, 0.15) is 11.4 Å². The molecule has 4 rings (SSSR count). The summed E-state index contributed by atoms with van der Waals surface area (Å²) in [6.07, 6.45) is 3.24. The van der Waals surface area contributed by atoms with Crippen LogP contribution in [0.4, 0.5) is 5.69 Å². The van der Waals surface area contributed by atoms with E-state index in [1.165, 1.54) is 20.4 Å². The number of amides is 1. The van der Waals surface area contributed by atoms with E-state index in [-0.39, 0.29) is 11.6 Å². The van der Waals surface area contributed by atoms with Crippen molar-refractivity contribution in [2.24, 2.45) is 0 Å². The summed E-state index contributed by atoms with van der Waals surface area (Å²) in [6.45, 7) is 0. The van der Waals surface area contributed by atoms with E-state index in [0.29, 0.717) is 28.8 Å². The third-order valence-corrected chi connectivity index (χ3v) is 4.20. The number of anilines is 1. The SMILES string of the molecule is COc1ccc2c(c1)nc1nc(C(=O)Nc3cnc(OC)c(OC)c3)ccn12. The van der Waals surface area contributed by atoms with Crippen LogP contribution in [0.25, 0.3) is 16.8 Å². The number of nitrogens with zero attached hydrogens (tertiary/aromatic N) is 4. The molecule has 0 aliphatic heterocycles. The summed E-state index contributed by atoms with van der Waals surface area (Å²) in [5.41, 5.74) is 2.29. The summed E-state index contributed by atoms with van der Waals surface area (Å²) in [7, 11) is 4.59. The summed E-state index contributed by atoms with van der Waals surface area (Å²) >= 11 is 0. The Bertz CT molecular complexity index is 1190. The van der Waals surface area contributed by atoms with Crippen LogP contribution in [0, 0.1) is 0 Å². The zero-order chi connectivity index (χ0) is 19.7. The standard InChI is InChI=1S/C19H17N5O4/c1-26-12-4-5-15-14(9-12)23-19-22-13(6-7-24(15)19)17(25)21-11-8-16(27-2)18(28-3)20-10-11/h4-10H,1-3H3,(H,21,25). The van der Waals surface area contributed by atoms with Crippen molar-refractivity contribution in [2.75, 3.05) is 26.6 Å². The third-order valence-electron chi connectivity index (χ3n) is 4.20. The van der Waals surface area contributed by atoms with Crippen molar-refractivity contribution in [3.63, 3.8) is 0 Å². The maximum absolute atomic E-state index is 12.6. The first-order valence-corrected chi connectivity index (χ1v) is 8.35. The van der Waals surface area contributed by atoms with Gasteiger partial charge in [-0.3, -0.25) is 9.20 Å². The summed E-state index contributed by atoms with van der Waals surface area (Å²) in [5, 5.41) is 2.74. The minimum Gasteiger partial charge on any atom is -0.497 e. The van der Waals surface area contributed by atoms with E-state index in [1.807, 2.05) is 22.6 Å². The van der Waals surface area contributed by atoms with Gasteiger partial charge in [-0.1, -0.05) is 0 Å². The van der Waals surface area contributed by atoms with Crippen molar-refractivity contribution in [1.82, 2.24) is 19.4 Å². The first-order valence-electron chi connectivity index (χ1n) is 8.35. The molecule has 0 atom stereocenters. The van der Waals surface area contributed by atoms with Gasteiger partial charge < -0.3 is 19.5 Å². The Labute approximate surface area is 159 Å². The molecule has 0 spiro atoms. The minimum atomic E-state index is -0.388. The number of carbonyl (C=O) groups is 1. The number of hydrogen-bond acceptors (Lipinski definition) is 7. The predicted octanol–water partition coefficient (Wildman–Crippen LogP) is 2.56. The number of imidazole rings is 1. The predicted molar refractivity (Wildman–Crippen MR) is 102 cm³/mol. The summed E-state index contributed by atoms with van der Waals surface area (Å²) in [6, 6.07) is 8.81.